The molecule has 4 aromatic carbocycles. The fraction of sp³-hybridized carbons (Fsp3) is 0.333. The van der Waals surface area contributed by atoms with E-state index in [0.717, 1.165) is 35.5 Å². The van der Waals surface area contributed by atoms with Gasteiger partial charge in [0, 0.05) is 39.0 Å². The number of aromatic amines is 2. The molecule has 1 aliphatic rings. The second-order valence-electron chi connectivity index (χ2n) is 14.1. The first-order valence-corrected chi connectivity index (χ1v) is 19.2. The molecular formula is C42H46N10O4. The highest BCUT2D eigenvalue weighted by atomic mass is 16.5. The van der Waals surface area contributed by atoms with E-state index < -0.39 is 11.8 Å². The monoisotopic (exact) mass is 754 g/mol. The van der Waals surface area contributed by atoms with Crippen LogP contribution in [0, 0.1) is 23.7 Å². The third-order valence-electron chi connectivity index (χ3n) is 10.2. The summed E-state index contributed by atoms with van der Waals surface area (Å²) in [5, 5.41) is 29.2. The highest BCUT2D eigenvalue weighted by Gasteiger charge is 2.58. The summed E-state index contributed by atoms with van der Waals surface area (Å²) in [6.45, 7) is 5.94. The number of ether oxygens (including phenoxy) is 2. The summed E-state index contributed by atoms with van der Waals surface area (Å²) >= 11 is 0. The summed E-state index contributed by atoms with van der Waals surface area (Å²) in [6, 6.07) is 34.8. The molecule has 2 N–H and O–H groups in total. The van der Waals surface area contributed by atoms with Gasteiger partial charge in [0.05, 0.1) is 11.8 Å². The summed E-state index contributed by atoms with van der Waals surface area (Å²) in [5.41, 5.74) is 1.92. The Morgan fingerprint density at radius 1 is 0.554 bits per heavy atom. The van der Waals surface area contributed by atoms with Crippen molar-refractivity contribution in [2.75, 3.05) is 13.1 Å². The topological polar surface area (TPSA) is 168 Å². The Hall–Kier alpha value is -6.44. The average Bonchev–Trinajstić information content (AvgIpc) is 3.95. The minimum Gasteiger partial charge on any atom is -0.457 e. The van der Waals surface area contributed by atoms with Crippen molar-refractivity contribution in [3.63, 3.8) is 0 Å². The molecule has 6 aromatic rings. The Morgan fingerprint density at radius 2 is 0.929 bits per heavy atom. The lowest BCUT2D eigenvalue weighted by atomic mass is 9.53. The number of aromatic nitrogens is 8. The predicted molar refractivity (Wildman–Crippen MR) is 207 cm³/mol. The number of hydrogen-bond acceptors (Lipinski definition) is 10. The van der Waals surface area contributed by atoms with Gasteiger partial charge in [-0.3, -0.25) is 9.59 Å². The summed E-state index contributed by atoms with van der Waals surface area (Å²) < 4.78 is 12.0. The average molecular weight is 755 g/mol. The molecule has 2 aromatic heterocycles. The molecular weight excluding hydrogens is 709 g/mol. The van der Waals surface area contributed by atoms with Gasteiger partial charge in [-0.15, -0.1) is 10.2 Å². The normalized spacial score (nSPS) is 17.5. The molecule has 0 saturated heterocycles. The maximum Gasteiger partial charge on any atom is 0.227 e. The molecule has 0 radical (unpaired) electrons. The maximum absolute atomic E-state index is 15.0. The summed E-state index contributed by atoms with van der Waals surface area (Å²) in [7, 11) is 0. The van der Waals surface area contributed by atoms with Crippen molar-refractivity contribution in [1.82, 2.24) is 51.0 Å². The number of benzene rings is 4. The Bertz CT molecular complexity index is 1950. The van der Waals surface area contributed by atoms with E-state index in [1.165, 1.54) is 0 Å². The number of carbonyl (C=O) groups excluding carboxylic acids is 2. The molecule has 7 rings (SSSR count). The van der Waals surface area contributed by atoms with Crippen LogP contribution in [-0.2, 0) is 35.5 Å². The molecule has 1 saturated carbocycles. The van der Waals surface area contributed by atoms with Gasteiger partial charge in [0.1, 0.15) is 34.6 Å². The van der Waals surface area contributed by atoms with Crippen LogP contribution in [0.15, 0.2) is 109 Å². The van der Waals surface area contributed by atoms with Crippen LogP contribution in [0.5, 0.6) is 23.0 Å². The van der Waals surface area contributed by atoms with Crippen molar-refractivity contribution in [1.29, 1.82) is 0 Å². The lowest BCUT2D eigenvalue weighted by Crippen LogP contribution is -2.61. The van der Waals surface area contributed by atoms with Crippen LogP contribution in [0.4, 0.5) is 0 Å². The third kappa shape index (κ3) is 9.25. The van der Waals surface area contributed by atoms with E-state index in [-0.39, 0.29) is 23.7 Å². The molecule has 2 amide bonds. The molecule has 14 heteroatoms. The molecule has 1 fully saturated rings. The minimum absolute atomic E-state index is 0.0712. The maximum atomic E-state index is 15.0. The predicted octanol–water partition coefficient (Wildman–Crippen LogP) is 6.44. The molecule has 288 valence electrons. The van der Waals surface area contributed by atoms with Crippen LogP contribution in [0.2, 0.25) is 0 Å². The van der Waals surface area contributed by atoms with Gasteiger partial charge in [0.25, 0.3) is 0 Å². The summed E-state index contributed by atoms with van der Waals surface area (Å²) in [6.07, 6.45) is 2.28. The minimum atomic E-state index is -0.623. The molecule has 56 heavy (non-hydrogen) atoms. The second kappa shape index (κ2) is 18.3. The highest BCUT2D eigenvalue weighted by Crippen LogP contribution is 2.51. The number of carbonyl (C=O) groups is 2. The fourth-order valence-electron chi connectivity index (χ4n) is 7.64. The van der Waals surface area contributed by atoms with Crippen molar-refractivity contribution >= 4 is 11.8 Å². The molecule has 1 aliphatic carbocycles. The van der Waals surface area contributed by atoms with E-state index in [0.29, 0.717) is 62.2 Å². The van der Waals surface area contributed by atoms with Gasteiger partial charge in [-0.25, -0.2) is 10.2 Å². The van der Waals surface area contributed by atoms with Crippen molar-refractivity contribution in [3.8, 4) is 23.0 Å². The van der Waals surface area contributed by atoms with Crippen LogP contribution in [0.25, 0.3) is 0 Å². The summed E-state index contributed by atoms with van der Waals surface area (Å²) in [4.78, 5) is 33.7. The Balaban J connectivity index is 1.15. The SMILES string of the molecule is CCCN(Cc1ccc(Oc2ccccc2)cc1)C(=O)C1C(Cc2nnn[nH]2)C(Cc2nnn[nH]2)C1C(=O)N(CCC)Cc1ccc(Oc2ccccc2)cc1. The number of para-hydroxylation sites is 2. The van der Waals surface area contributed by atoms with E-state index in [1.807, 2.05) is 119 Å². The first-order chi connectivity index (χ1) is 27.5. The lowest BCUT2D eigenvalue weighted by Gasteiger charge is -2.52. The van der Waals surface area contributed by atoms with Gasteiger partial charge in [-0.1, -0.05) is 74.5 Å². The molecule has 0 spiro atoms. The van der Waals surface area contributed by atoms with E-state index in [1.54, 1.807) is 0 Å². The largest absolute Gasteiger partial charge is 0.457 e. The van der Waals surface area contributed by atoms with Gasteiger partial charge >= 0.3 is 0 Å². The highest BCUT2D eigenvalue weighted by molar-refractivity contribution is 5.90. The first kappa shape index (κ1) is 37.9. The van der Waals surface area contributed by atoms with Crippen LogP contribution in [0.1, 0.15) is 49.5 Å². The van der Waals surface area contributed by atoms with Crippen molar-refractivity contribution < 1.29 is 19.1 Å². The van der Waals surface area contributed by atoms with Crippen molar-refractivity contribution in [2.45, 2.75) is 52.6 Å². The van der Waals surface area contributed by atoms with Crippen LogP contribution in [-0.4, -0.2) is 76.0 Å². The van der Waals surface area contributed by atoms with E-state index in [4.69, 9.17) is 9.47 Å². The van der Waals surface area contributed by atoms with Crippen molar-refractivity contribution in [3.05, 3.63) is 132 Å². The number of H-pyrrole nitrogens is 2. The number of amides is 2. The molecule has 4 atom stereocenters. The Labute approximate surface area is 325 Å². The number of nitrogens with one attached hydrogen (secondary N) is 2. The third-order valence-corrected chi connectivity index (χ3v) is 10.2. The number of hydrogen-bond donors (Lipinski definition) is 2. The lowest BCUT2D eigenvalue weighted by molar-refractivity contribution is -0.168. The molecule has 0 bridgehead atoms. The van der Waals surface area contributed by atoms with Gasteiger partial charge in [-0.2, -0.15) is 0 Å². The summed E-state index contributed by atoms with van der Waals surface area (Å²) in [5.74, 6) is 2.12. The fourth-order valence-corrected chi connectivity index (χ4v) is 7.64. The van der Waals surface area contributed by atoms with Gasteiger partial charge < -0.3 is 19.3 Å². The smallest absolute Gasteiger partial charge is 0.227 e. The molecule has 2 heterocycles. The molecule has 0 aliphatic heterocycles. The Morgan fingerprint density at radius 3 is 1.27 bits per heavy atom. The Kier molecular flexibility index (Phi) is 12.3. The van der Waals surface area contributed by atoms with Crippen LogP contribution >= 0.6 is 0 Å². The van der Waals surface area contributed by atoms with Gasteiger partial charge in [0.15, 0.2) is 0 Å². The zero-order valence-electron chi connectivity index (χ0n) is 31.6. The number of tetrazole rings is 2. The van der Waals surface area contributed by atoms with Gasteiger partial charge in [0.2, 0.25) is 11.8 Å². The zero-order valence-corrected chi connectivity index (χ0v) is 31.6. The first-order valence-electron chi connectivity index (χ1n) is 19.2. The van der Waals surface area contributed by atoms with Gasteiger partial charge in [-0.05, 0) is 105 Å². The second-order valence-corrected chi connectivity index (χ2v) is 14.1. The van der Waals surface area contributed by atoms with E-state index in [2.05, 4.69) is 55.1 Å². The van der Waals surface area contributed by atoms with Crippen LogP contribution in [0.3, 0.4) is 0 Å². The molecule has 4 unspecified atom stereocenters. The van der Waals surface area contributed by atoms with Crippen LogP contribution < -0.4 is 9.47 Å². The molecule has 14 nitrogen and oxygen atoms in total. The number of nitrogens with zero attached hydrogens (tertiary/aromatic N) is 8. The zero-order chi connectivity index (χ0) is 38.7. The van der Waals surface area contributed by atoms with Crippen molar-refractivity contribution in [2.24, 2.45) is 23.7 Å². The number of rotatable bonds is 18. The van der Waals surface area contributed by atoms with E-state index in [9.17, 15) is 9.59 Å². The quantitative estimate of drug-likeness (QED) is 0.0997. The standard InChI is InChI=1S/C42H46N10O4/c1-3-23-51(27-29-15-19-33(20-16-29)55-31-11-7-5-8-12-31)41(53)39-35(25-37-43-47-48-44-37)36(26-38-45-49-50-46-38)40(39)42(54)52(24-4-2)28-30-17-21-34(22-18-30)56-32-13-9-6-10-14-32/h5-22,35-36,39-40H,3-4,23-28H2,1-2H3,(H,43,44,47,48)(H,45,46,49,50). The van der Waals surface area contributed by atoms with E-state index >= 15 is 0 Å².